The van der Waals surface area contributed by atoms with Crippen molar-refractivity contribution in [2.45, 2.75) is 13.0 Å². The summed E-state index contributed by atoms with van der Waals surface area (Å²) in [4.78, 5) is 11.5. The van der Waals surface area contributed by atoms with E-state index in [1.807, 2.05) is 6.92 Å². The van der Waals surface area contributed by atoms with E-state index in [2.05, 4.69) is 10.6 Å². The molecule has 1 amide bonds. The van der Waals surface area contributed by atoms with Crippen LogP contribution in [0.25, 0.3) is 0 Å². The van der Waals surface area contributed by atoms with E-state index in [0.29, 0.717) is 12.2 Å². The predicted octanol–water partition coefficient (Wildman–Crippen LogP) is 1.39. The van der Waals surface area contributed by atoms with Gasteiger partial charge in [-0.15, -0.1) is 0 Å². The van der Waals surface area contributed by atoms with E-state index in [9.17, 15) is 9.18 Å². The molecule has 0 saturated carbocycles. The first-order chi connectivity index (χ1) is 8.11. The molecule has 0 aromatic heterocycles. The number of ether oxygens (including phenoxy) is 1. The van der Waals surface area contributed by atoms with Gasteiger partial charge in [-0.25, -0.2) is 4.39 Å². The van der Waals surface area contributed by atoms with Gasteiger partial charge < -0.3 is 15.4 Å². The number of anilines is 1. The summed E-state index contributed by atoms with van der Waals surface area (Å²) in [5.41, 5.74) is 0.455. The number of methoxy groups -OCH3 is 1. The molecule has 17 heavy (non-hydrogen) atoms. The quantitative estimate of drug-likeness (QED) is 0.790. The maximum atomic E-state index is 12.8. The van der Waals surface area contributed by atoms with Crippen LogP contribution in [0.2, 0.25) is 0 Å². The smallest absolute Gasteiger partial charge is 0.238 e. The molecule has 4 nitrogen and oxygen atoms in total. The largest absolute Gasteiger partial charge is 0.380 e. The molecule has 0 aliphatic heterocycles. The number of carbonyl (C=O) groups is 1. The Hall–Kier alpha value is -1.46. The van der Waals surface area contributed by atoms with E-state index in [1.54, 1.807) is 19.2 Å². The molecule has 1 aromatic rings. The van der Waals surface area contributed by atoms with Crippen molar-refractivity contribution in [3.63, 3.8) is 0 Å². The molecule has 0 aliphatic rings. The van der Waals surface area contributed by atoms with Crippen molar-refractivity contribution in [1.82, 2.24) is 5.32 Å². The molecule has 0 fully saturated rings. The van der Waals surface area contributed by atoms with Gasteiger partial charge in [-0.3, -0.25) is 4.79 Å². The number of benzene rings is 1. The lowest BCUT2D eigenvalue weighted by molar-refractivity contribution is -0.115. The minimum atomic E-state index is -0.372. The molecule has 2 N–H and O–H groups in total. The van der Waals surface area contributed by atoms with Gasteiger partial charge in [0.05, 0.1) is 12.6 Å². The van der Waals surface area contributed by atoms with Crippen molar-refractivity contribution in [3.8, 4) is 0 Å². The monoisotopic (exact) mass is 240 g/mol. The first-order valence-corrected chi connectivity index (χ1v) is 5.40. The number of rotatable bonds is 6. The van der Waals surface area contributed by atoms with E-state index in [1.165, 1.54) is 12.1 Å². The summed E-state index contributed by atoms with van der Waals surface area (Å²) in [6.45, 7) is 2.66. The van der Waals surface area contributed by atoms with Gasteiger partial charge in [-0.05, 0) is 25.1 Å². The molecule has 5 heteroatoms. The minimum Gasteiger partial charge on any atom is -0.380 e. The zero-order valence-corrected chi connectivity index (χ0v) is 10.00. The zero-order chi connectivity index (χ0) is 12.7. The van der Waals surface area contributed by atoms with Crippen molar-refractivity contribution >= 4 is 11.6 Å². The topological polar surface area (TPSA) is 50.4 Å². The Morgan fingerprint density at radius 1 is 1.53 bits per heavy atom. The van der Waals surface area contributed by atoms with Gasteiger partial charge in [0, 0.05) is 19.3 Å². The molecule has 1 rings (SSSR count). The zero-order valence-electron chi connectivity index (χ0n) is 10.00. The summed E-state index contributed by atoms with van der Waals surface area (Å²) in [5.74, 6) is -0.581. The molecule has 0 saturated heterocycles. The lowest BCUT2D eigenvalue weighted by atomic mass is 10.3. The summed E-state index contributed by atoms with van der Waals surface area (Å²) in [6, 6.07) is 5.79. The van der Waals surface area contributed by atoms with Gasteiger partial charge in [0.15, 0.2) is 0 Å². The average molecular weight is 240 g/mol. The molecule has 0 spiro atoms. The highest BCUT2D eigenvalue weighted by atomic mass is 19.1. The van der Waals surface area contributed by atoms with E-state index in [0.717, 1.165) is 0 Å². The highest BCUT2D eigenvalue weighted by molar-refractivity contribution is 5.92. The number of hydrogen-bond acceptors (Lipinski definition) is 3. The fourth-order valence-corrected chi connectivity index (χ4v) is 1.24. The highest BCUT2D eigenvalue weighted by Crippen LogP contribution is 2.08. The van der Waals surface area contributed by atoms with Gasteiger partial charge in [0.25, 0.3) is 0 Å². The number of nitrogens with one attached hydrogen (secondary N) is 2. The first-order valence-electron chi connectivity index (χ1n) is 5.40. The second-order valence-electron chi connectivity index (χ2n) is 3.74. The molecule has 1 unspecified atom stereocenters. The van der Waals surface area contributed by atoms with Crippen LogP contribution in [0.1, 0.15) is 6.92 Å². The SMILES string of the molecule is COC(C)CNCC(=O)Nc1cccc(F)c1. The Balaban J connectivity index is 2.30. The van der Waals surface area contributed by atoms with Crippen LogP contribution in [0, 0.1) is 5.82 Å². The van der Waals surface area contributed by atoms with Crippen LogP contribution in [-0.4, -0.2) is 32.2 Å². The van der Waals surface area contributed by atoms with E-state index >= 15 is 0 Å². The Labute approximate surface area is 100 Å². The van der Waals surface area contributed by atoms with Crippen molar-refractivity contribution in [2.24, 2.45) is 0 Å². The van der Waals surface area contributed by atoms with Crippen LogP contribution in [0.5, 0.6) is 0 Å². The third kappa shape index (κ3) is 5.42. The van der Waals surface area contributed by atoms with Gasteiger partial charge >= 0.3 is 0 Å². The standard InChI is InChI=1S/C12H17FN2O2/c1-9(17-2)7-14-8-12(16)15-11-5-3-4-10(13)6-11/h3-6,9,14H,7-8H2,1-2H3,(H,15,16). The van der Waals surface area contributed by atoms with Crippen LogP contribution in [0.15, 0.2) is 24.3 Å². The number of amides is 1. The maximum absolute atomic E-state index is 12.8. The second-order valence-corrected chi connectivity index (χ2v) is 3.74. The Morgan fingerprint density at radius 2 is 2.29 bits per heavy atom. The lowest BCUT2D eigenvalue weighted by Crippen LogP contribution is -2.33. The van der Waals surface area contributed by atoms with Crippen LogP contribution in [0.3, 0.4) is 0 Å². The Morgan fingerprint density at radius 3 is 2.94 bits per heavy atom. The third-order valence-electron chi connectivity index (χ3n) is 2.23. The van der Waals surface area contributed by atoms with Crippen LogP contribution >= 0.6 is 0 Å². The van der Waals surface area contributed by atoms with Gasteiger partial charge in [-0.2, -0.15) is 0 Å². The average Bonchev–Trinajstić information content (AvgIpc) is 2.28. The maximum Gasteiger partial charge on any atom is 0.238 e. The third-order valence-corrected chi connectivity index (χ3v) is 2.23. The highest BCUT2D eigenvalue weighted by Gasteiger charge is 2.04. The molecule has 1 aromatic carbocycles. The number of carbonyl (C=O) groups excluding carboxylic acids is 1. The van der Waals surface area contributed by atoms with E-state index < -0.39 is 0 Å². The second kappa shape index (κ2) is 6.98. The molecule has 0 aliphatic carbocycles. The van der Waals surface area contributed by atoms with Crippen LogP contribution in [-0.2, 0) is 9.53 Å². The summed E-state index contributed by atoms with van der Waals surface area (Å²) in [7, 11) is 1.61. The Bertz CT molecular complexity index is 371. The molecule has 1 atom stereocenters. The summed E-state index contributed by atoms with van der Waals surface area (Å²) >= 11 is 0. The molecule has 94 valence electrons. The molecule has 0 heterocycles. The van der Waals surface area contributed by atoms with E-state index in [4.69, 9.17) is 4.74 Å². The number of hydrogen-bond donors (Lipinski definition) is 2. The van der Waals surface area contributed by atoms with Crippen LogP contribution < -0.4 is 10.6 Å². The van der Waals surface area contributed by atoms with Crippen LogP contribution in [0.4, 0.5) is 10.1 Å². The summed E-state index contributed by atoms with van der Waals surface area (Å²) in [5, 5.41) is 5.53. The van der Waals surface area contributed by atoms with E-state index in [-0.39, 0.29) is 24.4 Å². The minimum absolute atomic E-state index is 0.0527. The summed E-state index contributed by atoms with van der Waals surface area (Å²) in [6.07, 6.45) is 0.0527. The Kier molecular flexibility index (Phi) is 5.59. The molecule has 0 bridgehead atoms. The van der Waals surface area contributed by atoms with Crippen molar-refractivity contribution in [1.29, 1.82) is 0 Å². The van der Waals surface area contributed by atoms with Gasteiger partial charge in [0.1, 0.15) is 5.82 Å². The van der Waals surface area contributed by atoms with Crippen molar-refractivity contribution in [2.75, 3.05) is 25.5 Å². The fraction of sp³-hybridized carbons (Fsp3) is 0.417. The first kappa shape index (κ1) is 13.6. The van der Waals surface area contributed by atoms with Gasteiger partial charge in [-0.1, -0.05) is 6.07 Å². The molecular weight excluding hydrogens is 223 g/mol. The molecule has 0 radical (unpaired) electrons. The number of halogens is 1. The van der Waals surface area contributed by atoms with Gasteiger partial charge in [0.2, 0.25) is 5.91 Å². The lowest BCUT2D eigenvalue weighted by Gasteiger charge is -2.10. The summed E-state index contributed by atoms with van der Waals surface area (Å²) < 4.78 is 17.9. The normalized spacial score (nSPS) is 12.2. The predicted molar refractivity (Wildman–Crippen MR) is 64.4 cm³/mol. The molecular formula is C12H17FN2O2. The van der Waals surface area contributed by atoms with Crippen molar-refractivity contribution in [3.05, 3.63) is 30.1 Å². The fourth-order valence-electron chi connectivity index (χ4n) is 1.24. The van der Waals surface area contributed by atoms with Crippen molar-refractivity contribution < 1.29 is 13.9 Å².